The summed E-state index contributed by atoms with van der Waals surface area (Å²) in [5, 5.41) is 0. The maximum Gasteiger partial charge on any atom is 0.398 e. The van der Waals surface area contributed by atoms with Gasteiger partial charge in [-0.15, -0.1) is 0 Å². The molecule has 0 aromatic carbocycles. The summed E-state index contributed by atoms with van der Waals surface area (Å²) in [4.78, 5) is 12.5. The Kier molecular flexibility index (Phi) is 25.2. The minimum Gasteiger partial charge on any atom is -0.464 e. The Labute approximate surface area is 230 Å². The maximum atomic E-state index is 12.5. The van der Waals surface area contributed by atoms with Gasteiger partial charge in [-0.05, 0) is 18.8 Å². The van der Waals surface area contributed by atoms with Crippen molar-refractivity contribution in [3.63, 3.8) is 0 Å². The molecule has 0 saturated heterocycles. The summed E-state index contributed by atoms with van der Waals surface area (Å²) in [6.07, 6.45) is 26.2. The summed E-state index contributed by atoms with van der Waals surface area (Å²) in [7, 11) is -4.72. The van der Waals surface area contributed by atoms with E-state index in [2.05, 4.69) is 13.8 Å². The van der Waals surface area contributed by atoms with Gasteiger partial charge in [0, 0.05) is 0 Å². The summed E-state index contributed by atoms with van der Waals surface area (Å²) >= 11 is 0. The zero-order chi connectivity index (χ0) is 27.6. The van der Waals surface area contributed by atoms with Gasteiger partial charge in [-0.3, -0.25) is 4.55 Å². The predicted octanol–water partition coefficient (Wildman–Crippen LogP) is 9.37. The van der Waals surface area contributed by atoms with Gasteiger partial charge in [-0.2, -0.15) is 8.42 Å². The molecule has 0 bridgehead atoms. The first-order valence-electron chi connectivity index (χ1n) is 15.6. The van der Waals surface area contributed by atoms with Gasteiger partial charge in [-0.25, -0.2) is 8.98 Å². The fourth-order valence-corrected chi connectivity index (χ4v) is 5.33. The zero-order valence-electron chi connectivity index (χ0n) is 24.5. The van der Waals surface area contributed by atoms with Crippen LogP contribution in [0.15, 0.2) is 0 Å². The first-order valence-corrected chi connectivity index (χ1v) is 17.0. The lowest BCUT2D eigenvalue weighted by molar-refractivity contribution is -0.154. The average molecular weight is 549 g/mol. The van der Waals surface area contributed by atoms with Crippen LogP contribution in [-0.4, -0.2) is 31.7 Å². The molecule has 0 fully saturated rings. The summed E-state index contributed by atoms with van der Waals surface area (Å²) < 4.78 is 41.8. The van der Waals surface area contributed by atoms with E-state index in [1.54, 1.807) is 6.92 Å². The molecule has 37 heavy (non-hydrogen) atoms. The third kappa shape index (κ3) is 25.4. The Morgan fingerprint density at radius 3 is 1.35 bits per heavy atom. The van der Waals surface area contributed by atoms with Crippen LogP contribution in [0.3, 0.4) is 0 Å². The first kappa shape index (κ1) is 36.3. The molecule has 1 N–H and O–H groups in total. The van der Waals surface area contributed by atoms with Crippen molar-refractivity contribution in [1.82, 2.24) is 0 Å². The molecule has 0 aromatic heterocycles. The van der Waals surface area contributed by atoms with Crippen LogP contribution in [0.4, 0.5) is 0 Å². The highest BCUT2D eigenvalue weighted by molar-refractivity contribution is 7.80. The molecule has 2 atom stereocenters. The third-order valence-corrected chi connectivity index (χ3v) is 7.68. The minimum atomic E-state index is -4.72. The Hall–Kier alpha value is -0.660. The van der Waals surface area contributed by atoms with Crippen molar-refractivity contribution in [3.8, 4) is 0 Å². The van der Waals surface area contributed by atoms with Crippen molar-refractivity contribution >= 4 is 16.4 Å². The lowest BCUT2D eigenvalue weighted by Gasteiger charge is -2.21. The van der Waals surface area contributed by atoms with Crippen LogP contribution in [-0.2, 0) is 24.1 Å². The monoisotopic (exact) mass is 548 g/mol. The number of hydrogen-bond donors (Lipinski definition) is 1. The van der Waals surface area contributed by atoms with Crippen molar-refractivity contribution in [2.75, 3.05) is 6.61 Å². The highest BCUT2D eigenvalue weighted by Crippen LogP contribution is 2.20. The topological polar surface area (TPSA) is 89.9 Å². The average Bonchev–Trinajstić information content (AvgIpc) is 2.85. The van der Waals surface area contributed by atoms with Gasteiger partial charge in [0.1, 0.15) is 0 Å². The molecule has 2 unspecified atom stereocenters. The minimum absolute atomic E-state index is 0.257. The summed E-state index contributed by atoms with van der Waals surface area (Å²) in [5.74, 6) is -1.04. The number of carbonyl (C=O) groups is 1. The van der Waals surface area contributed by atoms with E-state index in [1.807, 2.05) is 0 Å². The number of rotatable bonds is 28. The Morgan fingerprint density at radius 2 is 0.973 bits per heavy atom. The Morgan fingerprint density at radius 1 is 0.622 bits per heavy atom. The van der Waals surface area contributed by atoms with Crippen molar-refractivity contribution in [2.24, 2.45) is 5.92 Å². The van der Waals surface area contributed by atoms with Crippen LogP contribution >= 0.6 is 0 Å². The number of esters is 1. The second-order valence-corrected chi connectivity index (χ2v) is 12.0. The second kappa shape index (κ2) is 25.6. The molecule has 0 heterocycles. The molecular weight excluding hydrogens is 488 g/mol. The molecule has 6 nitrogen and oxygen atoms in total. The third-order valence-electron chi connectivity index (χ3n) is 7.23. The van der Waals surface area contributed by atoms with Crippen molar-refractivity contribution in [1.29, 1.82) is 0 Å². The molecule has 0 amide bonds. The summed E-state index contributed by atoms with van der Waals surface area (Å²) in [6.45, 7) is 6.50. The van der Waals surface area contributed by atoms with Crippen molar-refractivity contribution in [2.45, 2.75) is 175 Å². The maximum absolute atomic E-state index is 12.5. The molecule has 0 radical (unpaired) electrons. The largest absolute Gasteiger partial charge is 0.464 e. The van der Waals surface area contributed by atoms with Gasteiger partial charge in [-0.1, -0.05) is 156 Å². The van der Waals surface area contributed by atoms with E-state index in [0.29, 0.717) is 6.42 Å². The van der Waals surface area contributed by atoms with Gasteiger partial charge in [0.15, 0.2) is 6.10 Å². The Balaban J connectivity index is 3.93. The van der Waals surface area contributed by atoms with E-state index < -0.39 is 22.5 Å². The number of ether oxygens (including phenoxy) is 1. The SMILES string of the molecule is CCCCCCCCCCCCCCCCOC(=O)C(OS(=O)(=O)O)C(C)CCCCCCCCCC. The molecule has 0 aliphatic carbocycles. The quantitative estimate of drug-likeness (QED) is 0.0595. The molecule has 0 aliphatic heterocycles. The van der Waals surface area contributed by atoms with Crippen LogP contribution < -0.4 is 0 Å². The van der Waals surface area contributed by atoms with Gasteiger partial charge in [0.25, 0.3) is 0 Å². The van der Waals surface area contributed by atoms with Gasteiger partial charge in [0.2, 0.25) is 0 Å². The molecular formula is C30H60O6S. The number of carbonyl (C=O) groups excluding carboxylic acids is 1. The van der Waals surface area contributed by atoms with E-state index in [4.69, 9.17) is 13.5 Å². The fourth-order valence-electron chi connectivity index (χ4n) is 4.80. The van der Waals surface area contributed by atoms with E-state index in [-0.39, 0.29) is 12.5 Å². The highest BCUT2D eigenvalue weighted by Gasteiger charge is 2.31. The number of unbranched alkanes of at least 4 members (excludes halogenated alkanes) is 20. The van der Waals surface area contributed by atoms with Gasteiger partial charge >= 0.3 is 16.4 Å². The van der Waals surface area contributed by atoms with Crippen molar-refractivity contribution < 1.29 is 26.7 Å². The van der Waals surface area contributed by atoms with Crippen LogP contribution in [0.1, 0.15) is 168 Å². The molecule has 7 heteroatoms. The standard InChI is InChI=1S/C30H60O6S/c1-4-6-8-10-12-14-15-16-17-18-19-21-23-25-27-35-30(31)29(36-37(32,33)34)28(3)26-24-22-20-13-11-9-7-5-2/h28-29H,4-27H2,1-3H3,(H,32,33,34). The predicted molar refractivity (Wildman–Crippen MR) is 154 cm³/mol. The molecule has 0 aliphatic rings. The Bertz CT molecular complexity index is 607. The molecule has 0 spiro atoms. The molecule has 222 valence electrons. The summed E-state index contributed by atoms with van der Waals surface area (Å²) in [5.41, 5.74) is 0. The molecule has 0 rings (SSSR count). The van der Waals surface area contributed by atoms with E-state index in [9.17, 15) is 13.2 Å². The van der Waals surface area contributed by atoms with Gasteiger partial charge < -0.3 is 4.74 Å². The van der Waals surface area contributed by atoms with Crippen LogP contribution in [0.5, 0.6) is 0 Å². The lowest BCUT2D eigenvalue weighted by atomic mass is 9.96. The van der Waals surface area contributed by atoms with E-state index in [0.717, 1.165) is 38.5 Å². The normalized spacial score (nSPS) is 13.5. The summed E-state index contributed by atoms with van der Waals surface area (Å²) in [6, 6.07) is 0. The smallest absolute Gasteiger partial charge is 0.398 e. The van der Waals surface area contributed by atoms with Crippen LogP contribution in [0.2, 0.25) is 0 Å². The number of hydrogen-bond acceptors (Lipinski definition) is 5. The zero-order valence-corrected chi connectivity index (χ0v) is 25.3. The second-order valence-electron chi connectivity index (χ2n) is 10.9. The highest BCUT2D eigenvalue weighted by atomic mass is 32.3. The molecule has 0 aromatic rings. The van der Waals surface area contributed by atoms with Crippen molar-refractivity contribution in [3.05, 3.63) is 0 Å². The lowest BCUT2D eigenvalue weighted by Crippen LogP contribution is -2.35. The van der Waals surface area contributed by atoms with Crippen LogP contribution in [0, 0.1) is 5.92 Å². The fraction of sp³-hybridized carbons (Fsp3) is 0.967. The molecule has 0 saturated carbocycles. The van der Waals surface area contributed by atoms with E-state index in [1.165, 1.54) is 103 Å². The van der Waals surface area contributed by atoms with Gasteiger partial charge in [0.05, 0.1) is 6.61 Å². The first-order chi connectivity index (χ1) is 17.8. The van der Waals surface area contributed by atoms with Crippen LogP contribution in [0.25, 0.3) is 0 Å². The van der Waals surface area contributed by atoms with E-state index >= 15 is 0 Å².